The Balaban J connectivity index is 1.68. The number of carbonyl (C=O) groups is 2. The van der Waals surface area contributed by atoms with Gasteiger partial charge in [0.2, 0.25) is 6.79 Å². The van der Waals surface area contributed by atoms with Gasteiger partial charge in [-0.2, -0.15) is 0 Å². The highest BCUT2D eigenvalue weighted by Crippen LogP contribution is 2.44. The molecule has 1 saturated heterocycles. The molecular formula is C30H29NO6. The van der Waals surface area contributed by atoms with Crippen LogP contribution >= 0.6 is 0 Å². The van der Waals surface area contributed by atoms with E-state index in [0.29, 0.717) is 40.7 Å². The first-order valence-electron chi connectivity index (χ1n) is 12.2. The molecule has 3 aromatic rings. The Kier molecular flexibility index (Phi) is 6.15. The summed E-state index contributed by atoms with van der Waals surface area (Å²) in [5, 5.41) is 11.4. The molecule has 0 saturated carbocycles. The first kappa shape index (κ1) is 24.4. The fourth-order valence-corrected chi connectivity index (χ4v) is 4.67. The molecule has 7 heteroatoms. The molecule has 190 valence electrons. The van der Waals surface area contributed by atoms with Crippen LogP contribution in [-0.2, 0) is 15.0 Å². The summed E-state index contributed by atoms with van der Waals surface area (Å²) in [6.45, 7) is 8.78. The molecule has 1 N–H and O–H groups in total. The van der Waals surface area contributed by atoms with Gasteiger partial charge in [0.15, 0.2) is 11.5 Å². The average molecular weight is 500 g/mol. The molecule has 2 aliphatic heterocycles. The van der Waals surface area contributed by atoms with Gasteiger partial charge in [-0.1, -0.05) is 51.1 Å². The Labute approximate surface area is 215 Å². The molecule has 0 spiro atoms. The van der Waals surface area contributed by atoms with Gasteiger partial charge in [0, 0.05) is 17.3 Å². The van der Waals surface area contributed by atoms with Crippen LogP contribution in [0.4, 0.5) is 5.69 Å². The van der Waals surface area contributed by atoms with E-state index in [1.165, 1.54) is 4.90 Å². The van der Waals surface area contributed by atoms with Gasteiger partial charge in [-0.05, 0) is 53.8 Å². The van der Waals surface area contributed by atoms with Crippen LogP contribution in [0.15, 0.2) is 72.3 Å². The van der Waals surface area contributed by atoms with Crippen LogP contribution in [0.25, 0.3) is 5.76 Å². The molecular weight excluding hydrogens is 470 g/mol. The molecule has 1 atom stereocenters. The second-order valence-corrected chi connectivity index (χ2v) is 10.0. The number of hydrogen-bond donors (Lipinski definition) is 1. The van der Waals surface area contributed by atoms with E-state index in [9.17, 15) is 14.7 Å². The number of nitrogens with zero attached hydrogens (tertiary/aromatic N) is 1. The fourth-order valence-electron chi connectivity index (χ4n) is 4.67. The number of rotatable bonds is 5. The van der Waals surface area contributed by atoms with E-state index in [4.69, 9.17) is 14.2 Å². The van der Waals surface area contributed by atoms with Crippen molar-refractivity contribution in [2.75, 3.05) is 18.3 Å². The summed E-state index contributed by atoms with van der Waals surface area (Å²) in [6, 6.07) is 18.9. The molecule has 37 heavy (non-hydrogen) atoms. The van der Waals surface area contributed by atoms with E-state index >= 15 is 0 Å². The molecule has 0 bridgehead atoms. The molecule has 5 rings (SSSR count). The van der Waals surface area contributed by atoms with Crippen molar-refractivity contribution < 1.29 is 28.9 Å². The number of carbonyl (C=O) groups excluding carboxylic acids is 2. The first-order valence-corrected chi connectivity index (χ1v) is 12.2. The van der Waals surface area contributed by atoms with Crippen molar-refractivity contribution in [1.29, 1.82) is 0 Å². The average Bonchev–Trinajstić information content (AvgIpc) is 3.45. The number of aliphatic hydroxyl groups excluding tert-OH is 1. The lowest BCUT2D eigenvalue weighted by molar-refractivity contribution is -0.132. The normalized spacial score (nSPS) is 18.4. The third-order valence-corrected chi connectivity index (χ3v) is 6.59. The lowest BCUT2D eigenvalue weighted by Gasteiger charge is -2.27. The maximum absolute atomic E-state index is 13.5. The van der Waals surface area contributed by atoms with Crippen molar-refractivity contribution >= 4 is 23.1 Å². The third kappa shape index (κ3) is 4.42. The summed E-state index contributed by atoms with van der Waals surface area (Å²) < 4.78 is 16.5. The van der Waals surface area contributed by atoms with E-state index < -0.39 is 17.7 Å². The van der Waals surface area contributed by atoms with Crippen LogP contribution in [0.1, 0.15) is 50.4 Å². The predicted molar refractivity (Wildman–Crippen MR) is 140 cm³/mol. The zero-order chi connectivity index (χ0) is 26.3. The summed E-state index contributed by atoms with van der Waals surface area (Å²) in [5.41, 5.74) is 2.62. The molecule has 0 radical (unpaired) electrons. The first-order chi connectivity index (χ1) is 17.7. The summed E-state index contributed by atoms with van der Waals surface area (Å²) in [4.78, 5) is 28.4. The number of anilines is 1. The summed E-state index contributed by atoms with van der Waals surface area (Å²) in [6.07, 6.45) is 0. The highest BCUT2D eigenvalue weighted by molar-refractivity contribution is 6.51. The summed E-state index contributed by atoms with van der Waals surface area (Å²) in [7, 11) is 0. The van der Waals surface area contributed by atoms with Crippen molar-refractivity contribution in [3.63, 3.8) is 0 Å². The smallest absolute Gasteiger partial charge is 0.300 e. The van der Waals surface area contributed by atoms with Crippen molar-refractivity contribution in [3.8, 4) is 17.2 Å². The largest absolute Gasteiger partial charge is 0.507 e. The molecule has 0 aromatic heterocycles. The minimum Gasteiger partial charge on any atom is -0.507 e. The van der Waals surface area contributed by atoms with E-state index in [1.54, 1.807) is 42.5 Å². The Morgan fingerprint density at radius 3 is 2.43 bits per heavy atom. The Morgan fingerprint density at radius 1 is 1.00 bits per heavy atom. The van der Waals surface area contributed by atoms with Crippen LogP contribution in [0.2, 0.25) is 0 Å². The SMILES string of the molecule is CCOc1cccc(N2C(=O)C(=O)/C(=C(\O)c3ccc4c(c3)OCO4)C2c2ccc(C(C)(C)C)cc2)c1. The number of fused-ring (bicyclic) bond motifs is 1. The van der Waals surface area contributed by atoms with Gasteiger partial charge in [0.1, 0.15) is 11.5 Å². The number of ketones is 1. The molecule has 0 aliphatic carbocycles. The summed E-state index contributed by atoms with van der Waals surface area (Å²) in [5.74, 6) is -0.153. The number of Topliss-reactive ketones (excluding diaryl/α,β-unsaturated/α-hetero) is 1. The zero-order valence-corrected chi connectivity index (χ0v) is 21.3. The lowest BCUT2D eigenvalue weighted by atomic mass is 9.85. The highest BCUT2D eigenvalue weighted by atomic mass is 16.7. The number of ether oxygens (including phenoxy) is 3. The second kappa shape index (κ2) is 9.32. The summed E-state index contributed by atoms with van der Waals surface area (Å²) >= 11 is 0. The maximum atomic E-state index is 13.5. The topological polar surface area (TPSA) is 85.3 Å². The molecule has 7 nitrogen and oxygen atoms in total. The van der Waals surface area contributed by atoms with Gasteiger partial charge < -0.3 is 19.3 Å². The quantitative estimate of drug-likeness (QED) is 0.274. The van der Waals surface area contributed by atoms with Crippen LogP contribution in [-0.4, -0.2) is 30.2 Å². The molecule has 1 unspecified atom stereocenters. The van der Waals surface area contributed by atoms with Gasteiger partial charge in [-0.3, -0.25) is 14.5 Å². The van der Waals surface area contributed by atoms with E-state index in [0.717, 1.165) is 5.56 Å². The van der Waals surface area contributed by atoms with Gasteiger partial charge in [0.05, 0.1) is 18.2 Å². The van der Waals surface area contributed by atoms with Crippen molar-refractivity contribution in [1.82, 2.24) is 0 Å². The number of aliphatic hydroxyl groups is 1. The Hall–Kier alpha value is -4.26. The minimum absolute atomic E-state index is 0.00851. The molecule has 2 heterocycles. The number of benzene rings is 3. The fraction of sp³-hybridized carbons (Fsp3) is 0.267. The van der Waals surface area contributed by atoms with Crippen molar-refractivity contribution in [3.05, 3.63) is 89.0 Å². The standard InChI is InChI=1S/C30H29NO6/c1-5-35-22-8-6-7-21(16-22)31-26(18-9-12-20(13-10-18)30(2,3)4)25(28(33)29(31)34)27(32)19-11-14-23-24(15-19)37-17-36-23/h6-16,26,32H,5,17H2,1-4H3/b27-25-. The van der Waals surface area contributed by atoms with Crippen LogP contribution in [0.3, 0.4) is 0 Å². The zero-order valence-electron chi connectivity index (χ0n) is 21.3. The minimum atomic E-state index is -0.837. The van der Waals surface area contributed by atoms with E-state index in [-0.39, 0.29) is 23.5 Å². The molecule has 1 amide bonds. The maximum Gasteiger partial charge on any atom is 0.300 e. The van der Waals surface area contributed by atoms with E-state index in [2.05, 4.69) is 20.8 Å². The highest BCUT2D eigenvalue weighted by Gasteiger charge is 2.47. The van der Waals surface area contributed by atoms with Crippen molar-refractivity contribution in [2.24, 2.45) is 0 Å². The second-order valence-electron chi connectivity index (χ2n) is 10.0. The third-order valence-electron chi connectivity index (χ3n) is 6.59. The molecule has 2 aliphatic rings. The van der Waals surface area contributed by atoms with Gasteiger partial charge >= 0.3 is 0 Å². The van der Waals surface area contributed by atoms with Crippen LogP contribution < -0.4 is 19.1 Å². The number of amides is 1. The molecule has 3 aromatic carbocycles. The monoisotopic (exact) mass is 499 g/mol. The van der Waals surface area contributed by atoms with Crippen LogP contribution in [0.5, 0.6) is 17.2 Å². The van der Waals surface area contributed by atoms with E-state index in [1.807, 2.05) is 31.2 Å². The van der Waals surface area contributed by atoms with Crippen molar-refractivity contribution in [2.45, 2.75) is 39.2 Å². The lowest BCUT2D eigenvalue weighted by Crippen LogP contribution is -2.29. The van der Waals surface area contributed by atoms with Gasteiger partial charge in [0.25, 0.3) is 11.7 Å². The van der Waals surface area contributed by atoms with Gasteiger partial charge in [-0.25, -0.2) is 0 Å². The van der Waals surface area contributed by atoms with Gasteiger partial charge in [-0.15, -0.1) is 0 Å². The van der Waals surface area contributed by atoms with Crippen LogP contribution in [0, 0.1) is 0 Å². The predicted octanol–water partition coefficient (Wildman–Crippen LogP) is 5.74. The Bertz CT molecular complexity index is 1400. The Morgan fingerprint density at radius 2 is 1.73 bits per heavy atom. The number of hydrogen-bond acceptors (Lipinski definition) is 6. The molecule has 1 fully saturated rings.